The predicted molar refractivity (Wildman–Crippen MR) is 62.8 cm³/mol. The Kier molecular flexibility index (Phi) is 3.68. The van der Waals surface area contributed by atoms with Gasteiger partial charge in [0.2, 0.25) is 0 Å². The highest BCUT2D eigenvalue weighted by Crippen LogP contribution is 2.20. The molecule has 2 rings (SSSR count). The molecule has 0 fully saturated rings. The van der Waals surface area contributed by atoms with Gasteiger partial charge in [0.05, 0.1) is 0 Å². The Morgan fingerprint density at radius 3 is 2.41 bits per heavy atom. The summed E-state index contributed by atoms with van der Waals surface area (Å²) in [5, 5.41) is 4.58. The van der Waals surface area contributed by atoms with Crippen LogP contribution in [0.25, 0.3) is 0 Å². The van der Waals surface area contributed by atoms with E-state index in [1.807, 2.05) is 17.5 Å². The first kappa shape index (κ1) is 12.0. The zero-order valence-electron chi connectivity index (χ0n) is 8.84. The molecule has 0 aliphatic heterocycles. The van der Waals surface area contributed by atoms with Crippen LogP contribution >= 0.6 is 11.3 Å². The predicted octanol–water partition coefficient (Wildman–Crippen LogP) is 3.82. The molecule has 17 heavy (non-hydrogen) atoms. The monoisotopic (exact) mass is 257 g/mol. The summed E-state index contributed by atoms with van der Waals surface area (Å²) in [6.45, 7) is 0.403. The van der Waals surface area contributed by atoms with Crippen molar-refractivity contribution < 1.29 is 13.2 Å². The van der Waals surface area contributed by atoms with E-state index in [2.05, 4.69) is 5.32 Å². The molecule has 0 aliphatic carbocycles. The van der Waals surface area contributed by atoms with Crippen LogP contribution in [0.1, 0.15) is 4.88 Å². The first-order valence-electron chi connectivity index (χ1n) is 5.07. The quantitative estimate of drug-likeness (QED) is 0.878. The van der Waals surface area contributed by atoms with Crippen LogP contribution in [0.3, 0.4) is 0 Å². The number of thiophene rings is 1. The van der Waals surface area contributed by atoms with Crippen LogP contribution in [0.5, 0.6) is 0 Å². The zero-order chi connectivity index (χ0) is 12.3. The van der Waals surface area contributed by atoms with E-state index in [-0.39, 0.29) is 5.69 Å². The average Bonchev–Trinajstić information content (AvgIpc) is 2.74. The zero-order valence-corrected chi connectivity index (χ0v) is 9.66. The Morgan fingerprint density at radius 1 is 1.12 bits per heavy atom. The molecule has 0 unspecified atom stereocenters. The third-order valence-corrected chi connectivity index (χ3v) is 3.20. The maximum absolute atomic E-state index is 13.2. The number of rotatable bonds is 4. The third-order valence-electron chi connectivity index (χ3n) is 2.26. The highest BCUT2D eigenvalue weighted by Gasteiger charge is 2.10. The molecule has 0 atom stereocenters. The lowest BCUT2D eigenvalue weighted by molar-refractivity contribution is 0.547. The fraction of sp³-hybridized carbons (Fsp3) is 0.167. The third kappa shape index (κ3) is 3.00. The van der Waals surface area contributed by atoms with Crippen molar-refractivity contribution >= 4 is 17.0 Å². The molecule has 0 amide bonds. The maximum Gasteiger partial charge on any atom is 0.152 e. The molecule has 0 saturated heterocycles. The molecular formula is C12H10F3NS. The van der Waals surface area contributed by atoms with E-state index in [0.717, 1.165) is 4.88 Å². The van der Waals surface area contributed by atoms with Crippen molar-refractivity contribution in [2.24, 2.45) is 0 Å². The number of hydrogen-bond donors (Lipinski definition) is 1. The second-order valence-electron chi connectivity index (χ2n) is 3.50. The van der Waals surface area contributed by atoms with Gasteiger partial charge in [-0.05, 0) is 17.9 Å². The second-order valence-corrected chi connectivity index (χ2v) is 4.53. The van der Waals surface area contributed by atoms with Gasteiger partial charge in [-0.15, -0.1) is 11.3 Å². The molecular weight excluding hydrogens is 247 g/mol. The minimum absolute atomic E-state index is 0.275. The van der Waals surface area contributed by atoms with Gasteiger partial charge in [-0.1, -0.05) is 6.07 Å². The summed E-state index contributed by atoms with van der Waals surface area (Å²) in [5.41, 5.74) is -0.275. The van der Waals surface area contributed by atoms with Crippen molar-refractivity contribution in [3.05, 3.63) is 52.0 Å². The molecule has 1 aromatic carbocycles. The van der Waals surface area contributed by atoms with Gasteiger partial charge in [0.1, 0.15) is 11.5 Å². The Morgan fingerprint density at radius 2 is 1.82 bits per heavy atom. The normalized spacial score (nSPS) is 10.5. The van der Waals surface area contributed by atoms with Crippen molar-refractivity contribution in [2.75, 3.05) is 11.9 Å². The van der Waals surface area contributed by atoms with Crippen molar-refractivity contribution in [2.45, 2.75) is 6.42 Å². The summed E-state index contributed by atoms with van der Waals surface area (Å²) in [7, 11) is 0. The maximum atomic E-state index is 13.2. The van der Waals surface area contributed by atoms with Crippen molar-refractivity contribution in [3.8, 4) is 0 Å². The highest BCUT2D eigenvalue weighted by molar-refractivity contribution is 7.09. The van der Waals surface area contributed by atoms with Gasteiger partial charge in [0, 0.05) is 23.6 Å². The molecule has 0 aliphatic rings. The van der Waals surface area contributed by atoms with Crippen LogP contribution < -0.4 is 5.32 Å². The molecule has 1 aromatic heterocycles. The summed E-state index contributed by atoms with van der Waals surface area (Å²) >= 11 is 1.58. The highest BCUT2D eigenvalue weighted by atomic mass is 32.1. The molecule has 0 bridgehead atoms. The molecule has 1 nitrogen and oxygen atoms in total. The number of benzene rings is 1. The van der Waals surface area contributed by atoms with E-state index in [1.165, 1.54) is 0 Å². The van der Waals surface area contributed by atoms with Crippen LogP contribution in [0, 0.1) is 17.5 Å². The Labute approximate surface area is 101 Å². The lowest BCUT2D eigenvalue weighted by atomic mass is 10.2. The van der Waals surface area contributed by atoms with Gasteiger partial charge in [0.25, 0.3) is 0 Å². The number of nitrogens with one attached hydrogen (secondary N) is 1. The number of hydrogen-bond acceptors (Lipinski definition) is 2. The molecule has 0 saturated carbocycles. The van der Waals surface area contributed by atoms with E-state index in [1.54, 1.807) is 11.3 Å². The molecule has 1 heterocycles. The Hall–Kier alpha value is -1.49. The fourth-order valence-electron chi connectivity index (χ4n) is 1.48. The smallest absolute Gasteiger partial charge is 0.152 e. The SMILES string of the molecule is Fc1cc(F)c(NCCc2cccs2)c(F)c1. The minimum Gasteiger partial charge on any atom is -0.380 e. The van der Waals surface area contributed by atoms with E-state index in [4.69, 9.17) is 0 Å². The minimum atomic E-state index is -0.913. The molecule has 90 valence electrons. The van der Waals surface area contributed by atoms with Crippen LogP contribution in [0.2, 0.25) is 0 Å². The summed E-state index contributed by atoms with van der Waals surface area (Å²) in [6, 6.07) is 5.19. The summed E-state index contributed by atoms with van der Waals surface area (Å²) in [6.07, 6.45) is 0.675. The Bertz CT molecular complexity index is 473. The molecule has 0 radical (unpaired) electrons. The van der Waals surface area contributed by atoms with Crippen LogP contribution in [0.4, 0.5) is 18.9 Å². The van der Waals surface area contributed by atoms with E-state index >= 15 is 0 Å². The summed E-state index contributed by atoms with van der Waals surface area (Å²) in [4.78, 5) is 1.13. The van der Waals surface area contributed by atoms with Gasteiger partial charge in [-0.2, -0.15) is 0 Å². The Balaban J connectivity index is 1.99. The van der Waals surface area contributed by atoms with Crippen LogP contribution in [-0.2, 0) is 6.42 Å². The summed E-state index contributed by atoms with van der Waals surface area (Å²) < 4.78 is 39.1. The average molecular weight is 257 g/mol. The second kappa shape index (κ2) is 5.23. The van der Waals surface area contributed by atoms with E-state index < -0.39 is 17.5 Å². The molecule has 1 N–H and O–H groups in total. The topological polar surface area (TPSA) is 12.0 Å². The fourth-order valence-corrected chi connectivity index (χ4v) is 2.19. The van der Waals surface area contributed by atoms with Crippen LogP contribution in [0.15, 0.2) is 29.6 Å². The van der Waals surface area contributed by atoms with Crippen molar-refractivity contribution in [1.82, 2.24) is 0 Å². The standard InChI is InChI=1S/C12H10F3NS/c13-8-6-10(14)12(11(15)7-8)16-4-3-9-2-1-5-17-9/h1-2,5-7,16H,3-4H2. The molecule has 5 heteroatoms. The lowest BCUT2D eigenvalue weighted by Crippen LogP contribution is -2.07. The van der Waals surface area contributed by atoms with E-state index in [9.17, 15) is 13.2 Å². The van der Waals surface area contributed by atoms with Crippen molar-refractivity contribution in [3.63, 3.8) is 0 Å². The largest absolute Gasteiger partial charge is 0.380 e. The van der Waals surface area contributed by atoms with Crippen LogP contribution in [-0.4, -0.2) is 6.54 Å². The van der Waals surface area contributed by atoms with Gasteiger partial charge < -0.3 is 5.32 Å². The van der Waals surface area contributed by atoms with Crippen molar-refractivity contribution in [1.29, 1.82) is 0 Å². The number of anilines is 1. The van der Waals surface area contributed by atoms with E-state index in [0.29, 0.717) is 25.1 Å². The van der Waals surface area contributed by atoms with Gasteiger partial charge in [-0.25, -0.2) is 13.2 Å². The lowest BCUT2D eigenvalue weighted by Gasteiger charge is -2.08. The van der Waals surface area contributed by atoms with Gasteiger partial charge >= 0.3 is 0 Å². The first-order chi connectivity index (χ1) is 8.16. The molecule has 2 aromatic rings. The number of halogens is 3. The summed E-state index contributed by atoms with van der Waals surface area (Å²) in [5.74, 6) is -2.73. The molecule has 0 spiro atoms. The first-order valence-corrected chi connectivity index (χ1v) is 5.95. The van der Waals surface area contributed by atoms with Gasteiger partial charge in [-0.3, -0.25) is 0 Å². The van der Waals surface area contributed by atoms with Gasteiger partial charge in [0.15, 0.2) is 11.6 Å².